The molecule has 198 valence electrons. The van der Waals surface area contributed by atoms with Crippen molar-refractivity contribution in [3.8, 4) is 11.4 Å². The standard InChI is InChI=1S/C31H36N4O3/c1-7-38-27-18-11-10-17-26(27)35-29(32-25-16-9-8-15-24(25)30(35)36)23(6)34(19-20(2)3)31(37)33-28-21(4)13-12-14-22(28)5/h8-18,20,23H,7,19H2,1-6H3,(H,33,37). The van der Waals surface area contributed by atoms with Crippen LogP contribution >= 0.6 is 0 Å². The largest absolute Gasteiger partial charge is 0.492 e. The molecule has 0 bridgehead atoms. The fourth-order valence-electron chi connectivity index (χ4n) is 4.72. The number of hydrogen-bond donors (Lipinski definition) is 1. The highest BCUT2D eigenvalue weighted by Crippen LogP contribution is 2.29. The van der Waals surface area contributed by atoms with Crippen molar-refractivity contribution >= 4 is 22.6 Å². The van der Waals surface area contributed by atoms with Crippen LogP contribution in [0.25, 0.3) is 16.6 Å². The number of urea groups is 1. The average Bonchev–Trinajstić information content (AvgIpc) is 2.89. The third-order valence-electron chi connectivity index (χ3n) is 6.58. The van der Waals surface area contributed by atoms with E-state index in [2.05, 4.69) is 19.2 Å². The van der Waals surface area contributed by atoms with E-state index in [0.29, 0.717) is 41.3 Å². The van der Waals surface area contributed by atoms with Crippen molar-refractivity contribution in [2.45, 2.75) is 47.6 Å². The van der Waals surface area contributed by atoms with E-state index in [1.165, 1.54) is 0 Å². The molecule has 1 N–H and O–H groups in total. The third kappa shape index (κ3) is 5.42. The van der Waals surface area contributed by atoms with E-state index in [9.17, 15) is 9.59 Å². The number of aryl methyl sites for hydroxylation is 2. The van der Waals surface area contributed by atoms with Crippen LogP contribution in [0.4, 0.5) is 10.5 Å². The summed E-state index contributed by atoms with van der Waals surface area (Å²) >= 11 is 0. The lowest BCUT2D eigenvalue weighted by atomic mass is 10.1. The lowest BCUT2D eigenvalue weighted by Gasteiger charge is -2.32. The predicted molar refractivity (Wildman–Crippen MR) is 153 cm³/mol. The van der Waals surface area contributed by atoms with Gasteiger partial charge < -0.3 is 15.0 Å². The second-order valence-electron chi connectivity index (χ2n) is 9.95. The molecule has 3 aromatic carbocycles. The summed E-state index contributed by atoms with van der Waals surface area (Å²) in [6, 6.07) is 19.9. The zero-order valence-corrected chi connectivity index (χ0v) is 23.0. The van der Waals surface area contributed by atoms with Gasteiger partial charge in [0.05, 0.1) is 29.2 Å². The van der Waals surface area contributed by atoms with Crippen molar-refractivity contribution in [1.82, 2.24) is 14.5 Å². The molecule has 0 aliphatic carbocycles. The zero-order chi connectivity index (χ0) is 27.4. The van der Waals surface area contributed by atoms with Gasteiger partial charge in [0, 0.05) is 12.2 Å². The maximum absolute atomic E-state index is 14.0. The topological polar surface area (TPSA) is 76.5 Å². The minimum atomic E-state index is -0.520. The highest BCUT2D eigenvalue weighted by Gasteiger charge is 2.29. The predicted octanol–water partition coefficient (Wildman–Crippen LogP) is 6.65. The molecule has 0 spiro atoms. The maximum Gasteiger partial charge on any atom is 0.322 e. The molecule has 4 aromatic rings. The Labute approximate surface area is 224 Å². The van der Waals surface area contributed by atoms with Crippen LogP contribution in [0.3, 0.4) is 0 Å². The molecule has 0 saturated heterocycles. The number of carbonyl (C=O) groups is 1. The van der Waals surface area contributed by atoms with Gasteiger partial charge >= 0.3 is 6.03 Å². The number of rotatable bonds is 8. The molecule has 7 nitrogen and oxygen atoms in total. The molecular weight excluding hydrogens is 476 g/mol. The van der Waals surface area contributed by atoms with E-state index in [1.807, 2.05) is 88.4 Å². The summed E-state index contributed by atoms with van der Waals surface area (Å²) in [6.45, 7) is 12.8. The first-order chi connectivity index (χ1) is 18.2. The fourth-order valence-corrected chi connectivity index (χ4v) is 4.72. The molecule has 1 atom stereocenters. The first-order valence-electron chi connectivity index (χ1n) is 13.1. The first-order valence-corrected chi connectivity index (χ1v) is 13.1. The SMILES string of the molecule is CCOc1ccccc1-n1c(C(C)N(CC(C)C)C(=O)Nc2c(C)cccc2C)nc2ccccc2c1=O. The van der Waals surface area contributed by atoms with Gasteiger partial charge in [-0.2, -0.15) is 0 Å². The Morgan fingerprint density at radius 3 is 2.32 bits per heavy atom. The molecule has 2 amide bonds. The number of nitrogens with zero attached hydrogens (tertiary/aromatic N) is 3. The summed E-state index contributed by atoms with van der Waals surface area (Å²) in [5.41, 5.74) is 3.75. The van der Waals surface area contributed by atoms with Gasteiger partial charge in [-0.1, -0.05) is 56.3 Å². The number of carbonyl (C=O) groups excluding carboxylic acids is 1. The minimum absolute atomic E-state index is 0.192. The van der Waals surface area contributed by atoms with Crippen LogP contribution in [0.2, 0.25) is 0 Å². The van der Waals surface area contributed by atoms with Crippen LogP contribution in [0, 0.1) is 19.8 Å². The van der Waals surface area contributed by atoms with Gasteiger partial charge in [0.15, 0.2) is 0 Å². The summed E-state index contributed by atoms with van der Waals surface area (Å²) in [5.74, 6) is 1.24. The van der Waals surface area contributed by atoms with Crippen LogP contribution < -0.4 is 15.6 Å². The normalized spacial score (nSPS) is 12.0. The number of aromatic nitrogens is 2. The van der Waals surface area contributed by atoms with Gasteiger partial charge in [0.2, 0.25) is 0 Å². The lowest BCUT2D eigenvalue weighted by molar-refractivity contribution is 0.179. The molecular formula is C31H36N4O3. The number of hydrogen-bond acceptors (Lipinski definition) is 4. The summed E-state index contributed by atoms with van der Waals surface area (Å²) in [4.78, 5) is 34.5. The van der Waals surface area contributed by atoms with Gasteiger partial charge in [0.25, 0.3) is 5.56 Å². The number of amides is 2. The smallest absolute Gasteiger partial charge is 0.322 e. The molecule has 0 aliphatic heterocycles. The van der Waals surface area contributed by atoms with E-state index in [1.54, 1.807) is 15.5 Å². The molecule has 1 unspecified atom stereocenters. The summed E-state index contributed by atoms with van der Waals surface area (Å²) < 4.78 is 7.49. The van der Waals surface area contributed by atoms with Gasteiger partial charge in [-0.15, -0.1) is 0 Å². The zero-order valence-electron chi connectivity index (χ0n) is 23.0. The van der Waals surface area contributed by atoms with E-state index >= 15 is 0 Å². The van der Waals surface area contributed by atoms with Crippen molar-refractivity contribution in [1.29, 1.82) is 0 Å². The van der Waals surface area contributed by atoms with Crippen molar-refractivity contribution in [2.75, 3.05) is 18.5 Å². The summed E-state index contributed by atoms with van der Waals surface area (Å²) in [5, 5.41) is 3.63. The molecule has 4 rings (SSSR count). The Kier molecular flexibility index (Phi) is 8.15. The second-order valence-corrected chi connectivity index (χ2v) is 9.95. The Balaban J connectivity index is 1.89. The van der Waals surface area contributed by atoms with E-state index in [4.69, 9.17) is 9.72 Å². The highest BCUT2D eigenvalue weighted by molar-refractivity contribution is 5.91. The van der Waals surface area contributed by atoms with Crippen molar-refractivity contribution < 1.29 is 9.53 Å². The Morgan fingerprint density at radius 2 is 1.63 bits per heavy atom. The van der Waals surface area contributed by atoms with E-state index in [0.717, 1.165) is 16.8 Å². The van der Waals surface area contributed by atoms with Crippen LogP contribution in [-0.2, 0) is 0 Å². The van der Waals surface area contributed by atoms with Crippen molar-refractivity contribution in [3.63, 3.8) is 0 Å². The van der Waals surface area contributed by atoms with E-state index < -0.39 is 6.04 Å². The van der Waals surface area contributed by atoms with Crippen LogP contribution in [0.1, 0.15) is 50.7 Å². The van der Waals surface area contributed by atoms with Crippen molar-refractivity contribution in [3.05, 3.63) is 94.0 Å². The molecule has 0 radical (unpaired) electrons. The number of nitrogens with one attached hydrogen (secondary N) is 1. The molecule has 0 saturated carbocycles. The van der Waals surface area contributed by atoms with Gasteiger partial charge in [0.1, 0.15) is 11.6 Å². The fraction of sp³-hybridized carbons (Fsp3) is 0.323. The van der Waals surface area contributed by atoms with Crippen LogP contribution in [0.15, 0.2) is 71.5 Å². The van der Waals surface area contributed by atoms with Gasteiger partial charge in [-0.3, -0.25) is 9.36 Å². The third-order valence-corrected chi connectivity index (χ3v) is 6.58. The molecule has 1 heterocycles. The van der Waals surface area contributed by atoms with Crippen molar-refractivity contribution in [2.24, 2.45) is 5.92 Å². The quantitative estimate of drug-likeness (QED) is 0.287. The monoisotopic (exact) mass is 512 g/mol. The van der Waals surface area contributed by atoms with E-state index in [-0.39, 0.29) is 17.5 Å². The first kappa shape index (κ1) is 26.9. The summed E-state index contributed by atoms with van der Waals surface area (Å²) in [7, 11) is 0. The minimum Gasteiger partial charge on any atom is -0.492 e. The Morgan fingerprint density at radius 1 is 0.974 bits per heavy atom. The molecule has 7 heteroatoms. The van der Waals surface area contributed by atoms with Gasteiger partial charge in [-0.05, 0) is 69.0 Å². The molecule has 38 heavy (non-hydrogen) atoms. The highest BCUT2D eigenvalue weighted by atomic mass is 16.5. The Hall–Kier alpha value is -4.13. The maximum atomic E-state index is 14.0. The number of ether oxygens (including phenoxy) is 1. The Bertz CT molecular complexity index is 1490. The van der Waals surface area contributed by atoms with Gasteiger partial charge in [-0.25, -0.2) is 9.78 Å². The number of benzene rings is 3. The average molecular weight is 513 g/mol. The summed E-state index contributed by atoms with van der Waals surface area (Å²) in [6.07, 6.45) is 0. The molecule has 0 fully saturated rings. The van der Waals surface area contributed by atoms with Crippen LogP contribution in [-0.4, -0.2) is 33.6 Å². The lowest BCUT2D eigenvalue weighted by Crippen LogP contribution is -2.42. The molecule has 1 aromatic heterocycles. The molecule has 0 aliphatic rings. The van der Waals surface area contributed by atoms with Crippen LogP contribution in [0.5, 0.6) is 5.75 Å². The number of fused-ring (bicyclic) bond motifs is 1. The number of anilines is 1. The number of para-hydroxylation sites is 4. The second kappa shape index (κ2) is 11.5.